The molecule has 1 saturated heterocycles. The second kappa shape index (κ2) is 6.06. The third kappa shape index (κ3) is 2.64. The van der Waals surface area contributed by atoms with Crippen molar-refractivity contribution in [2.75, 3.05) is 12.3 Å². The van der Waals surface area contributed by atoms with Gasteiger partial charge in [0.2, 0.25) is 0 Å². The molecule has 1 aliphatic heterocycles. The average Bonchev–Trinajstić information content (AvgIpc) is 2.71. The van der Waals surface area contributed by atoms with Gasteiger partial charge in [0.05, 0.1) is 5.69 Å². The molecule has 1 aromatic carbocycles. The summed E-state index contributed by atoms with van der Waals surface area (Å²) >= 11 is 1.53. The summed E-state index contributed by atoms with van der Waals surface area (Å²) in [5.74, 6) is 0.127. The van der Waals surface area contributed by atoms with Crippen LogP contribution in [0.4, 0.5) is 5.69 Å². The summed E-state index contributed by atoms with van der Waals surface area (Å²) in [4.78, 5) is 15.8. The molecular weight excluding hydrogens is 280 g/mol. The van der Waals surface area contributed by atoms with Crippen LogP contribution in [0, 0.1) is 0 Å². The van der Waals surface area contributed by atoms with Crippen LogP contribution in [0.25, 0.3) is 10.1 Å². The van der Waals surface area contributed by atoms with E-state index in [1.807, 2.05) is 24.3 Å². The summed E-state index contributed by atoms with van der Waals surface area (Å²) in [5.41, 5.74) is 6.89. The molecule has 2 N–H and O–H groups in total. The number of thiophene rings is 1. The van der Waals surface area contributed by atoms with Gasteiger partial charge in [0.15, 0.2) is 0 Å². The van der Waals surface area contributed by atoms with Crippen molar-refractivity contribution in [1.82, 2.24) is 4.90 Å². The summed E-state index contributed by atoms with van der Waals surface area (Å²) < 4.78 is 1.10. The molecule has 1 aliphatic rings. The predicted octanol–water partition coefficient (Wildman–Crippen LogP) is 4.28. The second-order valence-electron chi connectivity index (χ2n) is 5.75. The van der Waals surface area contributed by atoms with Crippen molar-refractivity contribution in [3.63, 3.8) is 0 Å². The fourth-order valence-electron chi connectivity index (χ4n) is 3.22. The Morgan fingerprint density at radius 2 is 2.14 bits per heavy atom. The van der Waals surface area contributed by atoms with E-state index in [9.17, 15) is 4.79 Å². The Labute approximate surface area is 129 Å². The fourth-order valence-corrected chi connectivity index (χ4v) is 4.30. The van der Waals surface area contributed by atoms with Gasteiger partial charge in [0.1, 0.15) is 4.88 Å². The van der Waals surface area contributed by atoms with E-state index < -0.39 is 0 Å². The van der Waals surface area contributed by atoms with Crippen molar-refractivity contribution in [1.29, 1.82) is 0 Å². The summed E-state index contributed by atoms with van der Waals surface area (Å²) in [6.45, 7) is 3.04. The number of hydrogen-bond donors (Lipinski definition) is 1. The molecule has 3 nitrogen and oxygen atoms in total. The minimum absolute atomic E-state index is 0.127. The highest BCUT2D eigenvalue weighted by molar-refractivity contribution is 7.21. The van der Waals surface area contributed by atoms with E-state index in [4.69, 9.17) is 5.73 Å². The van der Waals surface area contributed by atoms with Crippen LogP contribution in [0.15, 0.2) is 24.3 Å². The molecule has 1 amide bonds. The Morgan fingerprint density at radius 1 is 1.33 bits per heavy atom. The largest absolute Gasteiger partial charge is 0.397 e. The van der Waals surface area contributed by atoms with E-state index in [-0.39, 0.29) is 5.91 Å². The lowest BCUT2D eigenvalue weighted by molar-refractivity contribution is 0.0684. The molecule has 3 rings (SSSR count). The van der Waals surface area contributed by atoms with Gasteiger partial charge in [-0.15, -0.1) is 11.3 Å². The number of benzene rings is 1. The molecule has 4 heteroatoms. The molecule has 0 saturated carbocycles. The molecule has 2 heterocycles. The molecule has 21 heavy (non-hydrogen) atoms. The number of rotatable bonds is 2. The zero-order valence-corrected chi connectivity index (χ0v) is 13.3. The first-order valence-electron chi connectivity index (χ1n) is 7.80. The van der Waals surface area contributed by atoms with E-state index in [0.29, 0.717) is 11.7 Å². The van der Waals surface area contributed by atoms with Crippen molar-refractivity contribution in [3.05, 3.63) is 29.1 Å². The summed E-state index contributed by atoms with van der Waals surface area (Å²) in [5, 5.41) is 1.01. The monoisotopic (exact) mass is 302 g/mol. The Bertz CT molecular complexity index is 649. The van der Waals surface area contributed by atoms with Crippen molar-refractivity contribution in [2.45, 2.75) is 45.1 Å². The highest BCUT2D eigenvalue weighted by Crippen LogP contribution is 2.35. The van der Waals surface area contributed by atoms with Crippen LogP contribution in [0.5, 0.6) is 0 Å². The maximum Gasteiger partial charge on any atom is 0.266 e. The summed E-state index contributed by atoms with van der Waals surface area (Å²) in [7, 11) is 0. The number of likely N-dealkylation sites (tertiary alicyclic amines) is 1. The van der Waals surface area contributed by atoms with Crippen LogP contribution in [-0.4, -0.2) is 23.4 Å². The van der Waals surface area contributed by atoms with Gasteiger partial charge in [0, 0.05) is 22.7 Å². The average molecular weight is 302 g/mol. The molecule has 0 spiro atoms. The number of hydrogen-bond acceptors (Lipinski definition) is 3. The van der Waals surface area contributed by atoms with Crippen LogP contribution < -0.4 is 5.73 Å². The van der Waals surface area contributed by atoms with Crippen molar-refractivity contribution in [3.8, 4) is 0 Å². The van der Waals surface area contributed by atoms with E-state index in [0.717, 1.165) is 40.8 Å². The Balaban J connectivity index is 1.96. The third-order valence-electron chi connectivity index (χ3n) is 4.44. The molecular formula is C17H22N2OS. The van der Waals surface area contributed by atoms with Gasteiger partial charge >= 0.3 is 0 Å². The highest BCUT2D eigenvalue weighted by Gasteiger charge is 2.28. The zero-order chi connectivity index (χ0) is 14.8. The molecule has 1 unspecified atom stereocenters. The van der Waals surface area contributed by atoms with E-state index in [1.165, 1.54) is 24.2 Å². The molecule has 1 aromatic heterocycles. The molecule has 0 radical (unpaired) electrons. The molecule has 112 valence electrons. The number of nitrogens with zero attached hydrogens (tertiary/aromatic N) is 1. The number of amides is 1. The highest BCUT2D eigenvalue weighted by atomic mass is 32.1. The van der Waals surface area contributed by atoms with Crippen LogP contribution in [0.2, 0.25) is 0 Å². The van der Waals surface area contributed by atoms with Gasteiger partial charge < -0.3 is 10.6 Å². The number of nitrogens with two attached hydrogens (primary N) is 1. The SMILES string of the molecule is CCC1CCCCCN1C(=O)c1sc2ccccc2c1N. The van der Waals surface area contributed by atoms with Gasteiger partial charge in [-0.1, -0.05) is 38.0 Å². The number of anilines is 1. The smallest absolute Gasteiger partial charge is 0.266 e. The van der Waals surface area contributed by atoms with E-state index in [1.54, 1.807) is 0 Å². The molecule has 0 bridgehead atoms. The van der Waals surface area contributed by atoms with Gasteiger partial charge in [-0.3, -0.25) is 4.79 Å². The van der Waals surface area contributed by atoms with Crippen LogP contribution in [0.1, 0.15) is 48.7 Å². The Hall–Kier alpha value is -1.55. The lowest BCUT2D eigenvalue weighted by Gasteiger charge is -2.29. The van der Waals surface area contributed by atoms with Crippen LogP contribution in [0.3, 0.4) is 0 Å². The van der Waals surface area contributed by atoms with Crippen molar-refractivity contribution < 1.29 is 4.79 Å². The summed E-state index contributed by atoms with van der Waals surface area (Å²) in [6, 6.07) is 8.36. The number of carbonyl (C=O) groups excluding carboxylic acids is 1. The third-order valence-corrected chi connectivity index (χ3v) is 5.61. The molecule has 1 fully saturated rings. The topological polar surface area (TPSA) is 46.3 Å². The Kier molecular flexibility index (Phi) is 4.15. The first kappa shape index (κ1) is 14.4. The molecule has 2 aromatic rings. The molecule has 0 aliphatic carbocycles. The minimum Gasteiger partial charge on any atom is -0.397 e. The predicted molar refractivity (Wildman–Crippen MR) is 89.8 cm³/mol. The van der Waals surface area contributed by atoms with E-state index in [2.05, 4.69) is 11.8 Å². The fraction of sp³-hybridized carbons (Fsp3) is 0.471. The lowest BCUT2D eigenvalue weighted by Crippen LogP contribution is -2.39. The first-order valence-corrected chi connectivity index (χ1v) is 8.62. The lowest BCUT2D eigenvalue weighted by atomic mass is 10.1. The van der Waals surface area contributed by atoms with Crippen LogP contribution in [-0.2, 0) is 0 Å². The summed E-state index contributed by atoms with van der Waals surface area (Å²) in [6.07, 6.45) is 5.70. The standard InChI is InChI=1S/C17H22N2OS/c1-2-12-8-4-3-7-11-19(12)17(20)16-15(18)13-9-5-6-10-14(13)21-16/h5-6,9-10,12H,2-4,7-8,11,18H2,1H3. The normalized spacial score (nSPS) is 19.7. The van der Waals surface area contributed by atoms with Crippen molar-refractivity contribution in [2.24, 2.45) is 0 Å². The maximum atomic E-state index is 13.0. The van der Waals surface area contributed by atoms with Gasteiger partial charge in [-0.05, 0) is 25.3 Å². The van der Waals surface area contributed by atoms with Crippen LogP contribution >= 0.6 is 11.3 Å². The van der Waals surface area contributed by atoms with E-state index >= 15 is 0 Å². The quantitative estimate of drug-likeness (QED) is 0.900. The number of fused-ring (bicyclic) bond motifs is 1. The Morgan fingerprint density at radius 3 is 2.90 bits per heavy atom. The van der Waals surface area contributed by atoms with Gasteiger partial charge in [-0.25, -0.2) is 0 Å². The maximum absolute atomic E-state index is 13.0. The van der Waals surface area contributed by atoms with Crippen molar-refractivity contribution >= 4 is 33.0 Å². The number of carbonyl (C=O) groups is 1. The van der Waals surface area contributed by atoms with Gasteiger partial charge in [-0.2, -0.15) is 0 Å². The molecule has 1 atom stereocenters. The second-order valence-corrected chi connectivity index (χ2v) is 6.80. The zero-order valence-electron chi connectivity index (χ0n) is 12.5. The first-order chi connectivity index (χ1) is 10.2. The number of nitrogen functional groups attached to an aromatic ring is 1. The minimum atomic E-state index is 0.127. The van der Waals surface area contributed by atoms with Gasteiger partial charge in [0.25, 0.3) is 5.91 Å².